The Bertz CT molecular complexity index is 1260. The zero-order chi connectivity index (χ0) is 22.6. The van der Waals surface area contributed by atoms with Gasteiger partial charge in [-0.3, -0.25) is 9.89 Å². The van der Waals surface area contributed by atoms with Gasteiger partial charge in [-0.15, -0.1) is 0 Å². The van der Waals surface area contributed by atoms with Crippen molar-refractivity contribution < 1.29 is 19.4 Å². The lowest BCUT2D eigenvalue weighted by Crippen LogP contribution is -2.38. The molecule has 164 valence electrons. The van der Waals surface area contributed by atoms with E-state index >= 15 is 0 Å². The van der Waals surface area contributed by atoms with Gasteiger partial charge >= 0.3 is 0 Å². The van der Waals surface area contributed by atoms with Crippen molar-refractivity contribution in [2.24, 2.45) is 11.8 Å². The smallest absolute Gasteiger partial charge is 0.272 e. The maximum absolute atomic E-state index is 13.7. The minimum absolute atomic E-state index is 0.00768. The average Bonchev–Trinajstić information content (AvgIpc) is 3.39. The summed E-state index contributed by atoms with van der Waals surface area (Å²) in [5, 5.41) is 40.0. The van der Waals surface area contributed by atoms with E-state index in [0.717, 1.165) is 6.42 Å². The number of nitrogens with one attached hydrogen (secondary N) is 2. The van der Waals surface area contributed by atoms with Crippen LogP contribution in [0.1, 0.15) is 28.0 Å². The Hall–Kier alpha value is -3.62. The average molecular weight is 437 g/mol. The fourth-order valence-corrected chi connectivity index (χ4v) is 4.55. The zero-order valence-corrected chi connectivity index (χ0v) is 17.0. The molecule has 2 fully saturated rings. The van der Waals surface area contributed by atoms with E-state index in [1.165, 1.54) is 36.5 Å². The number of aromatic nitrogens is 4. The van der Waals surface area contributed by atoms with Gasteiger partial charge in [-0.2, -0.15) is 10.4 Å². The summed E-state index contributed by atoms with van der Waals surface area (Å²) in [6, 6.07) is 5.39. The Kier molecular flexibility index (Phi) is 4.76. The highest BCUT2D eigenvalue weighted by Gasteiger charge is 2.59. The van der Waals surface area contributed by atoms with Gasteiger partial charge in [0.1, 0.15) is 29.8 Å². The largest absolute Gasteiger partial charge is 0.390 e. The monoisotopic (exact) mass is 437 g/mol. The van der Waals surface area contributed by atoms with E-state index in [0.29, 0.717) is 16.8 Å². The van der Waals surface area contributed by atoms with Crippen molar-refractivity contribution in [3.8, 4) is 6.07 Å². The van der Waals surface area contributed by atoms with Crippen LogP contribution >= 0.6 is 0 Å². The van der Waals surface area contributed by atoms with Crippen molar-refractivity contribution in [2.75, 3.05) is 12.4 Å². The van der Waals surface area contributed by atoms with Gasteiger partial charge in [-0.1, -0.05) is 0 Å². The zero-order valence-electron chi connectivity index (χ0n) is 17.0. The molecule has 0 spiro atoms. The number of anilines is 1. The molecule has 5 rings (SSSR count). The number of benzene rings is 1. The standard InChI is InChI=1S/C21H20FN7O3/c1-29(7-10-4-11(22)3-2-9(10)6-23)21(32)16-14-19(24-8-25-20(14)28-27-16)26-15-12-5-13(12)17(30)18(15)31/h2-4,8,12-13,15,17-18,30-31H,5,7H2,1H3,(H2,24,25,26,27,28)/t12-,13+,15+,17+,18-/m0/s1. The van der Waals surface area contributed by atoms with E-state index in [1.54, 1.807) is 0 Å². The van der Waals surface area contributed by atoms with Crippen LogP contribution in [0.2, 0.25) is 0 Å². The Morgan fingerprint density at radius 1 is 1.34 bits per heavy atom. The number of aliphatic hydroxyl groups is 2. The lowest BCUT2D eigenvalue weighted by Gasteiger charge is -2.22. The topological polar surface area (TPSA) is 151 Å². The molecule has 2 aliphatic rings. The molecule has 2 saturated carbocycles. The van der Waals surface area contributed by atoms with Gasteiger partial charge < -0.3 is 20.4 Å². The van der Waals surface area contributed by atoms with Crippen LogP contribution in [0, 0.1) is 29.0 Å². The van der Waals surface area contributed by atoms with Crippen molar-refractivity contribution in [2.45, 2.75) is 31.2 Å². The van der Waals surface area contributed by atoms with E-state index in [2.05, 4.69) is 25.5 Å². The van der Waals surface area contributed by atoms with Gasteiger partial charge in [0, 0.05) is 13.6 Å². The minimum atomic E-state index is -0.935. The quantitative estimate of drug-likeness (QED) is 0.457. The first-order chi connectivity index (χ1) is 15.4. The molecule has 0 saturated heterocycles. The first kappa shape index (κ1) is 20.3. The maximum atomic E-state index is 13.7. The lowest BCUT2D eigenvalue weighted by molar-refractivity contribution is 0.0201. The van der Waals surface area contributed by atoms with Crippen molar-refractivity contribution in [1.29, 1.82) is 5.26 Å². The molecule has 5 atom stereocenters. The van der Waals surface area contributed by atoms with Crippen LogP contribution < -0.4 is 5.32 Å². The highest BCUT2D eigenvalue weighted by molar-refractivity contribution is 6.07. The third-order valence-corrected chi connectivity index (χ3v) is 6.32. The number of rotatable bonds is 5. The predicted molar refractivity (Wildman–Crippen MR) is 110 cm³/mol. The molecule has 32 heavy (non-hydrogen) atoms. The van der Waals surface area contributed by atoms with Gasteiger partial charge in [-0.05, 0) is 42.0 Å². The number of nitrogens with zero attached hydrogens (tertiary/aromatic N) is 5. The molecule has 1 aromatic carbocycles. The fourth-order valence-electron chi connectivity index (χ4n) is 4.55. The first-order valence-electron chi connectivity index (χ1n) is 10.1. The number of carbonyl (C=O) groups excluding carboxylic acids is 1. The van der Waals surface area contributed by atoms with Crippen molar-refractivity contribution in [1.82, 2.24) is 25.1 Å². The van der Waals surface area contributed by atoms with Crippen LogP contribution in [0.3, 0.4) is 0 Å². The van der Waals surface area contributed by atoms with Gasteiger partial charge in [0.05, 0.1) is 29.2 Å². The molecule has 1 amide bonds. The molecular formula is C21H20FN7O3. The number of nitriles is 1. The number of hydrogen-bond acceptors (Lipinski definition) is 8. The number of aliphatic hydroxyl groups excluding tert-OH is 2. The fraction of sp³-hybridized carbons (Fsp3) is 0.381. The van der Waals surface area contributed by atoms with Crippen molar-refractivity contribution >= 4 is 22.8 Å². The molecule has 0 bridgehead atoms. The highest BCUT2D eigenvalue weighted by atomic mass is 19.1. The third kappa shape index (κ3) is 3.24. The minimum Gasteiger partial charge on any atom is -0.390 e. The normalized spacial score (nSPS) is 25.9. The molecular weight excluding hydrogens is 417 g/mol. The molecule has 0 unspecified atom stereocenters. The first-order valence-corrected chi connectivity index (χ1v) is 10.1. The number of aromatic amines is 1. The van der Waals surface area contributed by atoms with Gasteiger partial charge in [0.15, 0.2) is 5.65 Å². The number of amides is 1. The van der Waals surface area contributed by atoms with Gasteiger partial charge in [0.2, 0.25) is 0 Å². The van der Waals surface area contributed by atoms with E-state index in [9.17, 15) is 24.7 Å². The van der Waals surface area contributed by atoms with Crippen LogP contribution in [0.15, 0.2) is 24.5 Å². The highest BCUT2D eigenvalue weighted by Crippen LogP contribution is 2.52. The van der Waals surface area contributed by atoms with Crippen molar-refractivity contribution in [3.63, 3.8) is 0 Å². The molecule has 4 N–H and O–H groups in total. The molecule has 0 aliphatic heterocycles. The molecule has 2 aromatic heterocycles. The number of halogens is 1. The van der Waals surface area contributed by atoms with Gasteiger partial charge in [0.25, 0.3) is 5.91 Å². The summed E-state index contributed by atoms with van der Waals surface area (Å²) in [5.74, 6) is -0.418. The van der Waals surface area contributed by atoms with Crippen molar-refractivity contribution in [3.05, 3.63) is 47.2 Å². The lowest BCUT2D eigenvalue weighted by atomic mass is 10.1. The molecule has 2 heterocycles. The van der Waals surface area contributed by atoms with Crippen LogP contribution in [0.25, 0.3) is 11.0 Å². The summed E-state index contributed by atoms with van der Waals surface area (Å²) < 4.78 is 13.7. The summed E-state index contributed by atoms with van der Waals surface area (Å²) in [6.07, 6.45) is 0.401. The summed E-state index contributed by atoms with van der Waals surface area (Å²) >= 11 is 0. The molecule has 3 aromatic rings. The van der Waals surface area contributed by atoms with E-state index in [1.807, 2.05) is 6.07 Å². The molecule has 10 nitrogen and oxygen atoms in total. The molecule has 11 heteroatoms. The Morgan fingerprint density at radius 2 is 2.16 bits per heavy atom. The molecule has 2 aliphatic carbocycles. The summed E-state index contributed by atoms with van der Waals surface area (Å²) in [6.45, 7) is 0.00768. The van der Waals surface area contributed by atoms with E-state index in [-0.39, 0.29) is 35.3 Å². The summed E-state index contributed by atoms with van der Waals surface area (Å²) in [4.78, 5) is 22.9. The number of fused-ring (bicyclic) bond motifs is 2. The Labute approximate surface area is 181 Å². The van der Waals surface area contributed by atoms with Crippen LogP contribution in [-0.4, -0.2) is 66.5 Å². The second-order valence-corrected chi connectivity index (χ2v) is 8.31. The second kappa shape index (κ2) is 7.51. The van der Waals surface area contributed by atoms with E-state index in [4.69, 9.17) is 0 Å². The SMILES string of the molecule is CN(Cc1cc(F)ccc1C#N)C(=O)c1[nH]nc2ncnc(N[C@H]3[C@H](O)[C@H](O)[C@@H]4C[C@@H]43)c12. The van der Waals surface area contributed by atoms with Crippen LogP contribution in [0.4, 0.5) is 10.2 Å². The number of hydrogen-bond donors (Lipinski definition) is 4. The van der Waals surface area contributed by atoms with Crippen LogP contribution in [0.5, 0.6) is 0 Å². The van der Waals surface area contributed by atoms with E-state index < -0.39 is 30.0 Å². The Balaban J connectivity index is 1.44. The predicted octanol–water partition coefficient (Wildman–Crippen LogP) is 0.788. The second-order valence-electron chi connectivity index (χ2n) is 8.31. The maximum Gasteiger partial charge on any atom is 0.272 e. The Morgan fingerprint density at radius 3 is 2.88 bits per heavy atom. The van der Waals surface area contributed by atoms with Crippen LogP contribution in [-0.2, 0) is 6.54 Å². The van der Waals surface area contributed by atoms with Gasteiger partial charge in [-0.25, -0.2) is 14.4 Å². The third-order valence-electron chi connectivity index (χ3n) is 6.32. The number of carbonyl (C=O) groups is 1. The molecule has 0 radical (unpaired) electrons. The number of H-pyrrole nitrogens is 1. The summed E-state index contributed by atoms with van der Waals surface area (Å²) in [7, 11) is 1.53. The summed E-state index contributed by atoms with van der Waals surface area (Å²) in [5.41, 5.74) is 1.05.